The number of aromatic nitrogens is 1. The monoisotopic (exact) mass is 369 g/mol. The van der Waals surface area contributed by atoms with Crippen LogP contribution >= 0.6 is 0 Å². The van der Waals surface area contributed by atoms with Gasteiger partial charge in [-0.1, -0.05) is 13.8 Å². The Balaban J connectivity index is 1.64. The summed E-state index contributed by atoms with van der Waals surface area (Å²) in [5.74, 6) is 1.79. The quantitative estimate of drug-likeness (QED) is 0.421. The lowest BCUT2D eigenvalue weighted by atomic mass is 10.1. The van der Waals surface area contributed by atoms with Crippen LogP contribution in [0.5, 0.6) is 11.5 Å². The van der Waals surface area contributed by atoms with Crippen LogP contribution in [0, 0.1) is 0 Å². The van der Waals surface area contributed by atoms with Gasteiger partial charge in [-0.3, -0.25) is 0 Å². The molecule has 0 aliphatic rings. The van der Waals surface area contributed by atoms with Crippen molar-refractivity contribution in [2.24, 2.45) is 0 Å². The number of fused-ring (bicyclic) bond motifs is 3. The molecule has 0 radical (unpaired) electrons. The Hall–Kier alpha value is -2.24. The van der Waals surface area contributed by atoms with E-state index in [1.165, 1.54) is 10.8 Å². The van der Waals surface area contributed by atoms with Crippen LogP contribution in [0.15, 0.2) is 36.4 Å². The third-order valence-electron chi connectivity index (χ3n) is 4.49. The van der Waals surface area contributed by atoms with Crippen LogP contribution in [0.25, 0.3) is 21.8 Å². The summed E-state index contributed by atoms with van der Waals surface area (Å²) in [6, 6.07) is 12.5. The Morgan fingerprint density at radius 3 is 1.63 bits per heavy atom. The summed E-state index contributed by atoms with van der Waals surface area (Å²) in [6.07, 6.45) is 2.28. The maximum absolute atomic E-state index is 5.85. The largest absolute Gasteiger partial charge is 0.492 e. The van der Waals surface area contributed by atoms with E-state index in [1.807, 2.05) is 12.1 Å². The van der Waals surface area contributed by atoms with Gasteiger partial charge in [0.15, 0.2) is 0 Å². The van der Waals surface area contributed by atoms with Gasteiger partial charge in [-0.05, 0) is 50.2 Å². The Morgan fingerprint density at radius 2 is 1.19 bits per heavy atom. The van der Waals surface area contributed by atoms with E-state index in [2.05, 4.69) is 53.7 Å². The molecule has 0 atom stereocenters. The maximum atomic E-state index is 5.85. The average Bonchev–Trinajstić information content (AvgIpc) is 3.04. The molecule has 1 heterocycles. The fourth-order valence-electron chi connectivity index (χ4n) is 3.13. The van der Waals surface area contributed by atoms with Crippen LogP contribution < -0.4 is 20.1 Å². The van der Waals surface area contributed by atoms with Crippen molar-refractivity contribution in [1.82, 2.24) is 15.6 Å². The van der Waals surface area contributed by atoms with Crippen LogP contribution in [0.1, 0.15) is 26.7 Å². The first kappa shape index (κ1) is 19.5. The normalized spacial score (nSPS) is 11.3. The first-order valence-corrected chi connectivity index (χ1v) is 10.0. The van der Waals surface area contributed by atoms with Crippen LogP contribution in [-0.4, -0.2) is 44.4 Å². The minimum Gasteiger partial charge on any atom is -0.492 e. The van der Waals surface area contributed by atoms with Crippen molar-refractivity contribution in [1.29, 1.82) is 0 Å². The van der Waals surface area contributed by atoms with Crippen LogP contribution in [0.3, 0.4) is 0 Å². The molecule has 3 rings (SSSR count). The van der Waals surface area contributed by atoms with E-state index in [0.717, 1.165) is 61.6 Å². The Labute approximate surface area is 161 Å². The molecule has 5 nitrogen and oxygen atoms in total. The lowest BCUT2D eigenvalue weighted by Crippen LogP contribution is -2.21. The molecule has 0 saturated heterocycles. The molecule has 0 aliphatic heterocycles. The number of nitrogens with one attached hydrogen (secondary N) is 3. The summed E-state index contributed by atoms with van der Waals surface area (Å²) in [6.45, 7) is 9.48. The van der Waals surface area contributed by atoms with Crippen LogP contribution in [0.2, 0.25) is 0 Å². The van der Waals surface area contributed by atoms with E-state index in [-0.39, 0.29) is 0 Å². The van der Waals surface area contributed by atoms with Crippen molar-refractivity contribution in [3.05, 3.63) is 36.4 Å². The standard InChI is InChI=1S/C22H31N3O2/c1-3-9-23-11-13-26-17-5-7-19-20-8-6-18(27-14-12-24-10-4-2)16-22(20)25-21(19)15-17/h5-8,15-16,23-25H,3-4,9-14H2,1-2H3. The molecule has 0 saturated carbocycles. The van der Waals surface area contributed by atoms with E-state index in [0.29, 0.717) is 13.2 Å². The molecular weight excluding hydrogens is 338 g/mol. The molecule has 0 fully saturated rings. The molecule has 2 aromatic carbocycles. The topological polar surface area (TPSA) is 58.3 Å². The second-order valence-corrected chi connectivity index (χ2v) is 6.74. The van der Waals surface area contributed by atoms with E-state index in [4.69, 9.17) is 9.47 Å². The van der Waals surface area contributed by atoms with Gasteiger partial charge in [0, 0.05) is 36.0 Å². The molecule has 146 valence electrons. The summed E-state index contributed by atoms with van der Waals surface area (Å²) in [5, 5.41) is 9.11. The molecule has 3 N–H and O–H groups in total. The van der Waals surface area contributed by atoms with Crippen molar-refractivity contribution in [3.8, 4) is 11.5 Å². The first-order valence-electron chi connectivity index (χ1n) is 10.0. The molecule has 5 heteroatoms. The van der Waals surface area contributed by atoms with Gasteiger partial charge in [-0.25, -0.2) is 0 Å². The number of H-pyrrole nitrogens is 1. The maximum Gasteiger partial charge on any atom is 0.121 e. The van der Waals surface area contributed by atoms with Crippen molar-refractivity contribution >= 4 is 21.8 Å². The highest BCUT2D eigenvalue weighted by Gasteiger charge is 2.07. The van der Waals surface area contributed by atoms with Gasteiger partial charge < -0.3 is 25.1 Å². The van der Waals surface area contributed by atoms with Gasteiger partial charge >= 0.3 is 0 Å². The van der Waals surface area contributed by atoms with Crippen molar-refractivity contribution in [2.45, 2.75) is 26.7 Å². The lowest BCUT2D eigenvalue weighted by molar-refractivity contribution is 0.314. The number of aromatic amines is 1. The Kier molecular flexibility index (Phi) is 7.36. The van der Waals surface area contributed by atoms with E-state index < -0.39 is 0 Å². The predicted octanol–water partition coefficient (Wildman–Crippen LogP) is 4.08. The smallest absolute Gasteiger partial charge is 0.121 e. The molecule has 27 heavy (non-hydrogen) atoms. The molecule has 0 spiro atoms. The van der Waals surface area contributed by atoms with Gasteiger partial charge in [-0.2, -0.15) is 0 Å². The second kappa shape index (κ2) is 10.2. The van der Waals surface area contributed by atoms with Crippen LogP contribution in [-0.2, 0) is 0 Å². The summed E-state index contributed by atoms with van der Waals surface area (Å²) >= 11 is 0. The van der Waals surface area contributed by atoms with Crippen molar-refractivity contribution < 1.29 is 9.47 Å². The highest BCUT2D eigenvalue weighted by molar-refractivity contribution is 6.07. The van der Waals surface area contributed by atoms with Gasteiger partial charge in [-0.15, -0.1) is 0 Å². The number of rotatable bonds is 12. The second-order valence-electron chi connectivity index (χ2n) is 6.74. The fourth-order valence-corrected chi connectivity index (χ4v) is 3.13. The summed E-state index contributed by atoms with van der Waals surface area (Å²) in [5.41, 5.74) is 2.18. The van der Waals surface area contributed by atoms with Gasteiger partial charge in [0.25, 0.3) is 0 Å². The van der Waals surface area contributed by atoms with Gasteiger partial charge in [0.1, 0.15) is 24.7 Å². The van der Waals surface area contributed by atoms with Crippen LogP contribution in [0.4, 0.5) is 0 Å². The molecule has 0 unspecified atom stereocenters. The minimum atomic E-state index is 0.676. The first-order chi connectivity index (χ1) is 13.3. The zero-order chi connectivity index (χ0) is 18.9. The zero-order valence-corrected chi connectivity index (χ0v) is 16.4. The van der Waals surface area contributed by atoms with E-state index in [1.54, 1.807) is 0 Å². The minimum absolute atomic E-state index is 0.676. The Morgan fingerprint density at radius 1 is 0.704 bits per heavy atom. The average molecular weight is 370 g/mol. The zero-order valence-electron chi connectivity index (χ0n) is 16.4. The number of hydrogen-bond donors (Lipinski definition) is 3. The third kappa shape index (κ3) is 5.37. The molecule has 0 aliphatic carbocycles. The summed E-state index contributed by atoms with van der Waals surface area (Å²) < 4.78 is 11.7. The van der Waals surface area contributed by atoms with Gasteiger partial charge in [0.05, 0.1) is 11.0 Å². The number of hydrogen-bond acceptors (Lipinski definition) is 4. The molecule has 0 amide bonds. The summed E-state index contributed by atoms with van der Waals surface area (Å²) in [7, 11) is 0. The molecule has 0 bridgehead atoms. The van der Waals surface area contributed by atoms with Crippen molar-refractivity contribution in [2.75, 3.05) is 39.4 Å². The molecular formula is C22H31N3O2. The lowest BCUT2D eigenvalue weighted by Gasteiger charge is -2.07. The SMILES string of the molecule is CCCNCCOc1ccc2c(c1)[nH]c1cc(OCCNCCC)ccc12. The van der Waals surface area contributed by atoms with Crippen molar-refractivity contribution in [3.63, 3.8) is 0 Å². The number of benzene rings is 2. The molecule has 3 aromatic rings. The number of ether oxygens (including phenoxy) is 2. The highest BCUT2D eigenvalue weighted by Crippen LogP contribution is 2.30. The summed E-state index contributed by atoms with van der Waals surface area (Å²) in [4.78, 5) is 3.49. The highest BCUT2D eigenvalue weighted by atomic mass is 16.5. The van der Waals surface area contributed by atoms with E-state index >= 15 is 0 Å². The third-order valence-corrected chi connectivity index (χ3v) is 4.49. The molecule has 1 aromatic heterocycles. The Bertz CT molecular complexity index is 776. The fraction of sp³-hybridized carbons (Fsp3) is 0.455. The predicted molar refractivity (Wildman–Crippen MR) is 113 cm³/mol. The van der Waals surface area contributed by atoms with Gasteiger partial charge in [0.2, 0.25) is 0 Å². The van der Waals surface area contributed by atoms with E-state index in [9.17, 15) is 0 Å².